The van der Waals surface area contributed by atoms with Crippen molar-refractivity contribution in [1.29, 1.82) is 0 Å². The van der Waals surface area contributed by atoms with Crippen LogP contribution in [0.2, 0.25) is 0 Å². The van der Waals surface area contributed by atoms with E-state index >= 15 is 0 Å². The Labute approximate surface area is 290 Å². The fourth-order valence-electron chi connectivity index (χ4n) is 5.04. The molecule has 1 aliphatic heterocycles. The zero-order valence-corrected chi connectivity index (χ0v) is 27.9. The Morgan fingerprint density at radius 3 is 2.38 bits per heavy atom. The van der Waals surface area contributed by atoms with Crippen molar-refractivity contribution in [2.75, 3.05) is 45.2 Å². The highest BCUT2D eigenvalue weighted by molar-refractivity contribution is 6.55. The van der Waals surface area contributed by atoms with Crippen molar-refractivity contribution >= 4 is 60.9 Å². The quantitative estimate of drug-likeness (QED) is 0.0671. The topological polar surface area (TPSA) is 236 Å². The number of ether oxygens (including phenoxy) is 2. The van der Waals surface area contributed by atoms with Crippen LogP contribution in [0.15, 0.2) is 30.4 Å². The first-order valence-corrected chi connectivity index (χ1v) is 16.1. The van der Waals surface area contributed by atoms with Crippen LogP contribution in [0.3, 0.4) is 0 Å². The monoisotopic (exact) mass is 695 g/mol. The molecule has 0 bridgehead atoms. The summed E-state index contributed by atoms with van der Waals surface area (Å²) >= 11 is 0. The number of anilines is 1. The lowest BCUT2D eigenvalue weighted by Gasteiger charge is -2.29. The summed E-state index contributed by atoms with van der Waals surface area (Å²) in [5.74, 6) is -3.64. The number of hydrogen-bond acceptors (Lipinski definition) is 10. The maximum Gasteiger partial charge on any atom is 0.312 e. The first-order valence-electron chi connectivity index (χ1n) is 16.1. The molecule has 268 valence electrons. The lowest BCUT2D eigenvalue weighted by molar-refractivity contribution is -0.138. The van der Waals surface area contributed by atoms with Gasteiger partial charge in [-0.25, -0.2) is 4.79 Å². The lowest BCUT2D eigenvalue weighted by Crippen LogP contribution is -2.47. The molecule has 17 nitrogen and oxygen atoms in total. The normalized spacial score (nSPS) is 14.4. The molecule has 1 heterocycles. The van der Waals surface area contributed by atoms with Gasteiger partial charge in [0.15, 0.2) is 0 Å². The molecule has 18 heteroatoms. The van der Waals surface area contributed by atoms with Crippen LogP contribution in [-0.4, -0.2) is 111 Å². The molecule has 2 aliphatic rings. The summed E-state index contributed by atoms with van der Waals surface area (Å²) in [5.41, 5.74) is 6.64. The first kappa shape index (κ1) is 39.2. The fraction of sp³-hybridized carbons (Fsp3) is 0.500. The molecular weight excluding hydrogens is 653 g/mol. The number of amides is 8. The van der Waals surface area contributed by atoms with Gasteiger partial charge in [-0.05, 0) is 48.9 Å². The molecule has 1 fully saturated rings. The van der Waals surface area contributed by atoms with Gasteiger partial charge < -0.3 is 41.4 Å². The second kappa shape index (κ2) is 19.7. The molecule has 1 saturated carbocycles. The molecule has 0 unspecified atom stereocenters. The van der Waals surface area contributed by atoms with Crippen LogP contribution in [0.5, 0.6) is 0 Å². The van der Waals surface area contributed by atoms with E-state index in [-0.39, 0.29) is 70.5 Å². The number of carbonyl (C=O) groups excluding carboxylic acids is 8. The third kappa shape index (κ3) is 13.0. The molecule has 6 N–H and O–H groups in total. The van der Waals surface area contributed by atoms with Gasteiger partial charge >= 0.3 is 6.03 Å². The molecule has 1 aromatic carbocycles. The van der Waals surface area contributed by atoms with Crippen molar-refractivity contribution in [3.8, 4) is 0 Å². The van der Waals surface area contributed by atoms with E-state index in [0.29, 0.717) is 16.8 Å². The van der Waals surface area contributed by atoms with Gasteiger partial charge in [-0.2, -0.15) is 0 Å². The number of urea groups is 1. The Kier molecular flexibility index (Phi) is 15.4. The summed E-state index contributed by atoms with van der Waals surface area (Å²) in [7, 11) is 6.81. The van der Waals surface area contributed by atoms with Crippen LogP contribution < -0.4 is 27.0 Å². The average Bonchev–Trinajstić information content (AvgIpc) is 3.35. The smallest absolute Gasteiger partial charge is 0.312 e. The van der Waals surface area contributed by atoms with Crippen molar-refractivity contribution in [1.82, 2.24) is 25.8 Å². The number of nitrogens with zero attached hydrogens (tertiary/aromatic N) is 2. The first-order chi connectivity index (χ1) is 23.8. The SMILES string of the molecule is [B]C(=O)OCc1ccc(NC(=O)[C@H](CCCNC(N)=O)NC(=O)CNC(=O)CCOCCN2C(=O)C=CC2=O)cc1CN(C)C(=O)C1CCC1. The molecule has 2 radical (unpaired) electrons. The molecule has 1 aliphatic carbocycles. The highest BCUT2D eigenvalue weighted by atomic mass is 16.5. The lowest BCUT2D eigenvalue weighted by atomic mass is 9.84. The standard InChI is InChI=1S/C32H42BN7O10/c1-39(30(46)20-4-2-5-20)18-22-16-23(8-7-21(22)19-50-31(33)47)37-29(45)24(6-3-12-35-32(34)48)38-26(42)17-36-25(41)11-14-49-15-13-40-27(43)9-10-28(40)44/h7-10,16,20,24H,2-6,11-15,17-19H2,1H3,(H,36,41)(H,37,45)(H,38,42)(H3,34,35,48)/t24-/m0/s1. The van der Waals surface area contributed by atoms with Crippen molar-refractivity contribution in [2.45, 2.75) is 57.7 Å². The average molecular weight is 696 g/mol. The molecule has 0 spiro atoms. The third-order valence-corrected chi connectivity index (χ3v) is 7.98. The predicted octanol–water partition coefficient (Wildman–Crippen LogP) is -0.430. The Hall–Kier alpha value is -5.26. The minimum absolute atomic E-state index is 0.00917. The maximum absolute atomic E-state index is 13.4. The molecule has 3 rings (SSSR count). The van der Waals surface area contributed by atoms with Gasteiger partial charge in [0.05, 0.1) is 26.3 Å². The highest BCUT2D eigenvalue weighted by Gasteiger charge is 2.28. The van der Waals surface area contributed by atoms with Gasteiger partial charge in [-0.1, -0.05) is 12.5 Å². The van der Waals surface area contributed by atoms with Crippen molar-refractivity contribution in [3.05, 3.63) is 41.5 Å². The summed E-state index contributed by atoms with van der Waals surface area (Å²) < 4.78 is 10.3. The zero-order chi connectivity index (χ0) is 36.6. The Morgan fingerprint density at radius 2 is 1.74 bits per heavy atom. The molecule has 1 aromatic rings. The minimum atomic E-state index is -1.08. The highest BCUT2D eigenvalue weighted by Crippen LogP contribution is 2.29. The van der Waals surface area contributed by atoms with E-state index in [0.717, 1.165) is 36.3 Å². The van der Waals surface area contributed by atoms with E-state index in [9.17, 15) is 38.4 Å². The Balaban J connectivity index is 1.56. The van der Waals surface area contributed by atoms with Crippen molar-refractivity contribution in [3.63, 3.8) is 0 Å². The minimum Gasteiger partial charge on any atom is -0.470 e. The summed E-state index contributed by atoms with van der Waals surface area (Å²) in [6.07, 6.45) is 5.24. The molecule has 1 atom stereocenters. The van der Waals surface area contributed by atoms with Gasteiger partial charge in [0.25, 0.3) is 11.8 Å². The van der Waals surface area contributed by atoms with Gasteiger partial charge in [-0.15, -0.1) is 0 Å². The van der Waals surface area contributed by atoms with Gasteiger partial charge in [-0.3, -0.25) is 38.5 Å². The number of rotatable bonds is 20. The van der Waals surface area contributed by atoms with Crippen LogP contribution in [0.4, 0.5) is 15.3 Å². The number of hydrogen-bond donors (Lipinski definition) is 5. The van der Waals surface area contributed by atoms with E-state index < -0.39 is 54.0 Å². The second-order valence-electron chi connectivity index (χ2n) is 11.8. The van der Waals surface area contributed by atoms with Crippen molar-refractivity contribution in [2.24, 2.45) is 11.7 Å². The number of nitrogens with two attached hydrogens (primary N) is 1. The Bertz CT molecular complexity index is 1460. The number of carbonyl (C=O) groups is 8. The van der Waals surface area contributed by atoms with Crippen molar-refractivity contribution < 1.29 is 47.8 Å². The van der Waals surface area contributed by atoms with Crippen LogP contribution in [0.1, 0.15) is 49.7 Å². The summed E-state index contributed by atoms with van der Waals surface area (Å²) in [6.45, 7) is -0.210. The van der Waals surface area contributed by atoms with E-state index in [1.165, 1.54) is 0 Å². The molecule has 0 saturated heterocycles. The summed E-state index contributed by atoms with van der Waals surface area (Å²) in [4.78, 5) is 99.2. The van der Waals surface area contributed by atoms with Gasteiger partial charge in [0.1, 0.15) is 12.6 Å². The largest absolute Gasteiger partial charge is 0.470 e. The van der Waals surface area contributed by atoms with Crippen LogP contribution in [0.25, 0.3) is 0 Å². The Morgan fingerprint density at radius 1 is 1.02 bits per heavy atom. The zero-order valence-electron chi connectivity index (χ0n) is 27.9. The summed E-state index contributed by atoms with van der Waals surface area (Å²) in [6, 6.07) is 3.01. The molecular formula is C32H42BN7O10. The van der Waals surface area contributed by atoms with Gasteiger partial charge in [0, 0.05) is 50.3 Å². The van der Waals surface area contributed by atoms with E-state index in [2.05, 4.69) is 21.3 Å². The predicted molar refractivity (Wildman–Crippen MR) is 178 cm³/mol. The fourth-order valence-corrected chi connectivity index (χ4v) is 5.04. The summed E-state index contributed by atoms with van der Waals surface area (Å²) in [5, 5.41) is 10.2. The number of benzene rings is 1. The number of nitrogens with one attached hydrogen (secondary N) is 4. The van der Waals surface area contributed by atoms with E-state index in [4.69, 9.17) is 23.1 Å². The second-order valence-corrected chi connectivity index (χ2v) is 11.8. The number of imide groups is 1. The van der Waals surface area contributed by atoms with Crippen LogP contribution >= 0.6 is 0 Å². The number of primary amides is 1. The van der Waals surface area contributed by atoms with E-state index in [1.807, 2.05) is 0 Å². The third-order valence-electron chi connectivity index (χ3n) is 7.98. The maximum atomic E-state index is 13.4. The molecule has 0 aromatic heterocycles. The van der Waals surface area contributed by atoms with Crippen LogP contribution in [0, 0.1) is 5.92 Å². The van der Waals surface area contributed by atoms with Crippen LogP contribution in [-0.2, 0) is 51.4 Å². The van der Waals surface area contributed by atoms with Gasteiger partial charge in [0.2, 0.25) is 37.3 Å². The molecule has 50 heavy (non-hydrogen) atoms. The molecule has 8 amide bonds. The van der Waals surface area contributed by atoms with E-state index in [1.54, 1.807) is 30.1 Å².